The highest BCUT2D eigenvalue weighted by atomic mass is 19.1. The second kappa shape index (κ2) is 5.65. The Hall–Kier alpha value is -2.17. The average molecular weight is 261 g/mol. The largest absolute Gasteiger partial charge is 0.375 e. The first-order valence-electron chi connectivity index (χ1n) is 6.15. The van der Waals surface area contributed by atoms with Crippen LogP contribution < -0.4 is 10.9 Å². The van der Waals surface area contributed by atoms with Gasteiger partial charge in [0.1, 0.15) is 5.82 Å². The summed E-state index contributed by atoms with van der Waals surface area (Å²) in [5.41, 5.74) is 1.55. The number of halogens is 1. The Morgan fingerprint density at radius 1 is 1.37 bits per heavy atom. The summed E-state index contributed by atoms with van der Waals surface area (Å²) in [5, 5.41) is 3.29. The predicted octanol–water partition coefficient (Wildman–Crippen LogP) is 2.48. The van der Waals surface area contributed by atoms with E-state index in [0.717, 1.165) is 17.8 Å². The third kappa shape index (κ3) is 3.19. The standard InChI is InChI=1S/C14H16FN3O/c1-3-12(13-6-4-10(15)8-16-13)17-11-5-7-14(19)18(2)9-11/h4-9,12,17H,3H2,1-2H3. The van der Waals surface area contributed by atoms with Crippen molar-refractivity contribution in [1.29, 1.82) is 0 Å². The minimum Gasteiger partial charge on any atom is -0.375 e. The van der Waals surface area contributed by atoms with Crippen molar-refractivity contribution in [2.75, 3.05) is 5.32 Å². The maximum Gasteiger partial charge on any atom is 0.250 e. The van der Waals surface area contributed by atoms with E-state index in [0.29, 0.717) is 0 Å². The summed E-state index contributed by atoms with van der Waals surface area (Å²) in [5.74, 6) is -0.347. The van der Waals surface area contributed by atoms with Gasteiger partial charge in [-0.15, -0.1) is 0 Å². The predicted molar refractivity (Wildman–Crippen MR) is 72.5 cm³/mol. The number of nitrogens with zero attached hydrogens (tertiary/aromatic N) is 2. The Kier molecular flexibility index (Phi) is 3.94. The summed E-state index contributed by atoms with van der Waals surface area (Å²) >= 11 is 0. The van der Waals surface area contributed by atoms with Crippen LogP contribution in [0.4, 0.5) is 10.1 Å². The highest BCUT2D eigenvalue weighted by Gasteiger charge is 2.11. The molecule has 2 aromatic heterocycles. The Balaban J connectivity index is 2.21. The molecular formula is C14H16FN3O. The quantitative estimate of drug-likeness (QED) is 0.919. The Labute approximate surface area is 110 Å². The number of aryl methyl sites for hydroxylation is 1. The molecule has 19 heavy (non-hydrogen) atoms. The van der Waals surface area contributed by atoms with Gasteiger partial charge in [-0.25, -0.2) is 4.39 Å². The summed E-state index contributed by atoms with van der Waals surface area (Å²) in [4.78, 5) is 15.4. The lowest BCUT2D eigenvalue weighted by molar-refractivity contribution is 0.614. The lowest BCUT2D eigenvalue weighted by Crippen LogP contribution is -2.17. The fraction of sp³-hybridized carbons (Fsp3) is 0.286. The van der Waals surface area contributed by atoms with Gasteiger partial charge in [0.05, 0.1) is 23.6 Å². The molecule has 0 spiro atoms. The van der Waals surface area contributed by atoms with Gasteiger partial charge in [-0.2, -0.15) is 0 Å². The maximum atomic E-state index is 12.9. The molecule has 2 aromatic rings. The second-order valence-electron chi connectivity index (χ2n) is 4.37. The van der Waals surface area contributed by atoms with Crippen LogP contribution in [0.2, 0.25) is 0 Å². The van der Waals surface area contributed by atoms with E-state index in [1.165, 1.54) is 22.9 Å². The van der Waals surface area contributed by atoms with E-state index in [1.807, 2.05) is 6.92 Å². The number of pyridine rings is 2. The lowest BCUT2D eigenvalue weighted by atomic mass is 10.1. The van der Waals surface area contributed by atoms with Gasteiger partial charge in [-0.1, -0.05) is 6.92 Å². The van der Waals surface area contributed by atoms with Crippen LogP contribution in [0.1, 0.15) is 25.1 Å². The molecule has 0 saturated carbocycles. The van der Waals surface area contributed by atoms with Crippen LogP contribution in [0.15, 0.2) is 41.5 Å². The van der Waals surface area contributed by atoms with Gasteiger partial charge in [0.25, 0.3) is 0 Å². The SMILES string of the molecule is CCC(Nc1ccc(=O)n(C)c1)c1ccc(F)cn1. The molecule has 4 nitrogen and oxygen atoms in total. The molecule has 0 aliphatic heterocycles. The van der Waals surface area contributed by atoms with Crippen molar-refractivity contribution in [1.82, 2.24) is 9.55 Å². The zero-order chi connectivity index (χ0) is 13.8. The minimum atomic E-state index is -0.347. The third-order valence-electron chi connectivity index (χ3n) is 2.94. The number of anilines is 1. The first-order valence-corrected chi connectivity index (χ1v) is 6.15. The Morgan fingerprint density at radius 3 is 2.74 bits per heavy atom. The summed E-state index contributed by atoms with van der Waals surface area (Å²) in [7, 11) is 1.70. The third-order valence-corrected chi connectivity index (χ3v) is 2.94. The van der Waals surface area contributed by atoms with Gasteiger partial charge in [0.2, 0.25) is 5.56 Å². The topological polar surface area (TPSA) is 46.9 Å². The van der Waals surface area contributed by atoms with Crippen molar-refractivity contribution in [2.24, 2.45) is 7.05 Å². The molecule has 1 atom stereocenters. The summed E-state index contributed by atoms with van der Waals surface area (Å²) in [6, 6.07) is 6.28. The normalized spacial score (nSPS) is 12.2. The zero-order valence-electron chi connectivity index (χ0n) is 10.9. The molecule has 1 unspecified atom stereocenters. The van der Waals surface area contributed by atoms with Crippen LogP contribution in [0.25, 0.3) is 0 Å². The highest BCUT2D eigenvalue weighted by Crippen LogP contribution is 2.20. The van der Waals surface area contributed by atoms with Gasteiger partial charge in [-0.3, -0.25) is 9.78 Å². The summed E-state index contributed by atoms with van der Waals surface area (Å²) in [6.45, 7) is 2.02. The molecule has 0 bridgehead atoms. The van der Waals surface area contributed by atoms with Crippen LogP contribution in [0, 0.1) is 5.82 Å². The Morgan fingerprint density at radius 2 is 2.16 bits per heavy atom. The molecule has 0 saturated heterocycles. The van der Waals surface area contributed by atoms with Crippen LogP contribution in [-0.2, 0) is 7.05 Å². The monoisotopic (exact) mass is 261 g/mol. The van der Waals surface area contributed by atoms with Crippen LogP contribution in [0.5, 0.6) is 0 Å². The molecular weight excluding hydrogens is 245 g/mol. The van der Waals surface area contributed by atoms with E-state index in [-0.39, 0.29) is 17.4 Å². The number of hydrogen-bond donors (Lipinski definition) is 1. The van der Waals surface area contributed by atoms with Crippen LogP contribution >= 0.6 is 0 Å². The van der Waals surface area contributed by atoms with Gasteiger partial charge < -0.3 is 9.88 Å². The molecule has 0 fully saturated rings. The van der Waals surface area contributed by atoms with E-state index in [2.05, 4.69) is 10.3 Å². The number of aromatic nitrogens is 2. The number of rotatable bonds is 4. The summed E-state index contributed by atoms with van der Waals surface area (Å²) in [6.07, 6.45) is 3.75. The van der Waals surface area contributed by atoms with Crippen molar-refractivity contribution in [3.63, 3.8) is 0 Å². The van der Waals surface area contributed by atoms with Gasteiger partial charge in [-0.05, 0) is 24.6 Å². The van der Waals surface area contributed by atoms with Crippen molar-refractivity contribution in [2.45, 2.75) is 19.4 Å². The fourth-order valence-electron chi connectivity index (χ4n) is 1.86. The van der Waals surface area contributed by atoms with Crippen LogP contribution in [0.3, 0.4) is 0 Å². The van der Waals surface area contributed by atoms with E-state index >= 15 is 0 Å². The molecule has 0 radical (unpaired) electrons. The Bertz CT molecular complexity index is 607. The minimum absolute atomic E-state index is 0.0156. The lowest BCUT2D eigenvalue weighted by Gasteiger charge is -2.18. The fourth-order valence-corrected chi connectivity index (χ4v) is 1.86. The molecule has 0 aliphatic carbocycles. The average Bonchev–Trinajstić information content (AvgIpc) is 2.41. The molecule has 100 valence electrons. The molecule has 0 aliphatic rings. The van der Waals surface area contributed by atoms with Crippen molar-refractivity contribution < 1.29 is 4.39 Å². The summed E-state index contributed by atoms with van der Waals surface area (Å²) < 4.78 is 14.4. The van der Waals surface area contributed by atoms with Crippen molar-refractivity contribution >= 4 is 5.69 Å². The number of hydrogen-bond acceptors (Lipinski definition) is 3. The van der Waals surface area contributed by atoms with Crippen molar-refractivity contribution in [3.05, 3.63) is 58.5 Å². The first kappa shape index (κ1) is 13.3. The first-order chi connectivity index (χ1) is 9.10. The maximum absolute atomic E-state index is 12.9. The van der Waals surface area contributed by atoms with E-state index < -0.39 is 0 Å². The number of nitrogens with one attached hydrogen (secondary N) is 1. The van der Waals surface area contributed by atoms with Crippen molar-refractivity contribution in [3.8, 4) is 0 Å². The molecule has 0 aromatic carbocycles. The van der Waals surface area contributed by atoms with Gasteiger partial charge in [0, 0.05) is 19.3 Å². The smallest absolute Gasteiger partial charge is 0.250 e. The van der Waals surface area contributed by atoms with E-state index in [1.54, 1.807) is 25.4 Å². The van der Waals surface area contributed by atoms with Gasteiger partial charge >= 0.3 is 0 Å². The van der Waals surface area contributed by atoms with Crippen LogP contribution in [-0.4, -0.2) is 9.55 Å². The molecule has 2 heterocycles. The molecule has 0 amide bonds. The van der Waals surface area contributed by atoms with E-state index in [9.17, 15) is 9.18 Å². The van der Waals surface area contributed by atoms with E-state index in [4.69, 9.17) is 0 Å². The highest BCUT2D eigenvalue weighted by molar-refractivity contribution is 5.42. The second-order valence-corrected chi connectivity index (χ2v) is 4.37. The zero-order valence-corrected chi connectivity index (χ0v) is 10.9. The van der Waals surface area contributed by atoms with Gasteiger partial charge in [0.15, 0.2) is 0 Å². The molecule has 1 N–H and O–H groups in total. The molecule has 5 heteroatoms. The molecule has 2 rings (SSSR count).